The number of carbonyl (C=O) groups excluding carboxylic acids is 2. The molecule has 1 N–H and O–H groups in total. The topological polar surface area (TPSA) is 78.1 Å². The molecule has 1 fully saturated rings. The van der Waals surface area contributed by atoms with E-state index in [1.54, 1.807) is 40.9 Å². The molecule has 1 unspecified atom stereocenters. The lowest BCUT2D eigenvalue weighted by molar-refractivity contribution is -0.136. The molecule has 2 heterocycles. The number of para-hydroxylation sites is 1. The molecule has 1 aliphatic heterocycles. The minimum absolute atomic E-state index is 0.0700. The zero-order valence-electron chi connectivity index (χ0n) is 16.0. The minimum atomic E-state index is -0.509. The van der Waals surface area contributed by atoms with Crippen molar-refractivity contribution in [3.8, 4) is 6.07 Å². The van der Waals surface area contributed by atoms with Crippen LogP contribution in [-0.2, 0) is 16.1 Å². The molecule has 0 bridgehead atoms. The summed E-state index contributed by atoms with van der Waals surface area (Å²) in [5, 5.41) is 12.8. The van der Waals surface area contributed by atoms with Crippen LogP contribution in [0.25, 0.3) is 10.9 Å². The van der Waals surface area contributed by atoms with Gasteiger partial charge in [-0.05, 0) is 48.7 Å². The summed E-state index contributed by atoms with van der Waals surface area (Å²) in [7, 11) is 0. The van der Waals surface area contributed by atoms with Crippen molar-refractivity contribution >= 4 is 40.2 Å². The zero-order valence-corrected chi connectivity index (χ0v) is 16.8. The number of rotatable bonds is 4. The first kappa shape index (κ1) is 19.1. The van der Waals surface area contributed by atoms with Gasteiger partial charge in [-0.2, -0.15) is 5.26 Å². The molecule has 0 spiro atoms. The van der Waals surface area contributed by atoms with Crippen molar-refractivity contribution in [2.75, 3.05) is 16.9 Å². The second kappa shape index (κ2) is 8.02. The molecule has 3 aromatic rings. The maximum absolute atomic E-state index is 13.0. The van der Waals surface area contributed by atoms with E-state index in [1.165, 1.54) is 0 Å². The van der Waals surface area contributed by atoms with Gasteiger partial charge >= 0.3 is 0 Å². The monoisotopic (exact) mass is 404 g/mol. The highest BCUT2D eigenvalue weighted by molar-refractivity contribution is 7.99. The van der Waals surface area contributed by atoms with Crippen LogP contribution in [0.3, 0.4) is 0 Å². The number of thioether (sulfide) groups is 1. The second-order valence-corrected chi connectivity index (χ2v) is 7.99. The largest absolute Gasteiger partial charge is 0.335 e. The van der Waals surface area contributed by atoms with Crippen LogP contribution in [-0.4, -0.2) is 39.0 Å². The van der Waals surface area contributed by atoms with Crippen LogP contribution >= 0.6 is 11.8 Å². The van der Waals surface area contributed by atoms with E-state index >= 15 is 0 Å². The van der Waals surface area contributed by atoms with Gasteiger partial charge in [0.2, 0.25) is 11.8 Å². The summed E-state index contributed by atoms with van der Waals surface area (Å²) < 4.78 is 2.00. The highest BCUT2D eigenvalue weighted by Crippen LogP contribution is 2.25. The van der Waals surface area contributed by atoms with Gasteiger partial charge in [0.05, 0.1) is 17.5 Å². The van der Waals surface area contributed by atoms with Crippen LogP contribution in [0.4, 0.5) is 5.69 Å². The maximum atomic E-state index is 13.0. The summed E-state index contributed by atoms with van der Waals surface area (Å²) in [5.41, 5.74) is 3.19. The average Bonchev–Trinajstić information content (AvgIpc) is 3.34. The molecule has 4 rings (SSSR count). The number of nitriles is 1. The van der Waals surface area contributed by atoms with Gasteiger partial charge in [-0.3, -0.25) is 9.59 Å². The number of benzene rings is 2. The summed E-state index contributed by atoms with van der Waals surface area (Å²) in [6.45, 7) is 2.20. The zero-order chi connectivity index (χ0) is 20.4. The van der Waals surface area contributed by atoms with Crippen molar-refractivity contribution in [2.45, 2.75) is 19.5 Å². The highest BCUT2D eigenvalue weighted by atomic mass is 32.2. The first-order valence-corrected chi connectivity index (χ1v) is 10.5. The van der Waals surface area contributed by atoms with Crippen molar-refractivity contribution in [1.82, 2.24) is 9.47 Å². The van der Waals surface area contributed by atoms with E-state index in [9.17, 15) is 9.59 Å². The Morgan fingerprint density at radius 3 is 2.72 bits per heavy atom. The van der Waals surface area contributed by atoms with Crippen molar-refractivity contribution in [3.63, 3.8) is 0 Å². The summed E-state index contributed by atoms with van der Waals surface area (Å²) in [6, 6.07) is 18.3. The Kier molecular flexibility index (Phi) is 5.28. The quantitative estimate of drug-likeness (QED) is 0.723. The molecular formula is C22H20N4O2S. The fourth-order valence-electron chi connectivity index (χ4n) is 3.54. The number of nitrogens with one attached hydrogen (secondary N) is 1. The number of hydrogen-bond donors (Lipinski definition) is 1. The summed E-state index contributed by atoms with van der Waals surface area (Å²) in [5.74, 6) is 0.795. The van der Waals surface area contributed by atoms with Crippen LogP contribution < -0.4 is 5.32 Å². The molecule has 1 saturated heterocycles. The third-order valence-corrected chi connectivity index (χ3v) is 6.11. The van der Waals surface area contributed by atoms with Gasteiger partial charge in [0.25, 0.3) is 0 Å². The van der Waals surface area contributed by atoms with Gasteiger partial charge in [0.1, 0.15) is 12.6 Å². The number of fused-ring (bicyclic) bond motifs is 1. The lowest BCUT2D eigenvalue weighted by Crippen LogP contribution is -2.45. The van der Waals surface area contributed by atoms with Crippen molar-refractivity contribution in [3.05, 3.63) is 65.9 Å². The average molecular weight is 404 g/mol. The van der Waals surface area contributed by atoms with Crippen LogP contribution in [0, 0.1) is 18.3 Å². The molecular weight excluding hydrogens is 384 g/mol. The smallest absolute Gasteiger partial charge is 0.248 e. The van der Waals surface area contributed by atoms with Crippen LogP contribution in [0.1, 0.15) is 11.3 Å². The van der Waals surface area contributed by atoms with Crippen molar-refractivity contribution in [2.24, 2.45) is 0 Å². The van der Waals surface area contributed by atoms with E-state index in [2.05, 4.69) is 17.5 Å². The highest BCUT2D eigenvalue weighted by Gasteiger charge is 2.34. The third kappa shape index (κ3) is 3.84. The molecule has 0 aliphatic carbocycles. The lowest BCUT2D eigenvalue weighted by Gasteiger charge is -2.24. The Morgan fingerprint density at radius 2 is 1.97 bits per heavy atom. The number of amides is 2. The summed E-state index contributed by atoms with van der Waals surface area (Å²) in [4.78, 5) is 27.5. The van der Waals surface area contributed by atoms with E-state index in [0.29, 0.717) is 22.9 Å². The van der Waals surface area contributed by atoms with Crippen LogP contribution in [0.15, 0.2) is 54.6 Å². The van der Waals surface area contributed by atoms with Crippen molar-refractivity contribution < 1.29 is 9.59 Å². The molecule has 0 radical (unpaired) electrons. The molecule has 6 nitrogen and oxygen atoms in total. The third-order valence-electron chi connectivity index (χ3n) is 5.10. The van der Waals surface area contributed by atoms with Gasteiger partial charge in [0, 0.05) is 22.7 Å². The van der Waals surface area contributed by atoms with Crippen LogP contribution in [0.2, 0.25) is 0 Å². The first-order chi connectivity index (χ1) is 14.1. The fourth-order valence-corrected chi connectivity index (χ4v) is 4.72. The minimum Gasteiger partial charge on any atom is -0.335 e. The molecule has 0 saturated carbocycles. The summed E-state index contributed by atoms with van der Waals surface area (Å²) in [6.07, 6.45) is 0. The number of aryl methyl sites for hydroxylation is 1. The van der Waals surface area contributed by atoms with E-state index in [0.717, 1.165) is 16.6 Å². The molecule has 1 atom stereocenters. The Hall–Kier alpha value is -3.24. The van der Waals surface area contributed by atoms with E-state index in [-0.39, 0.29) is 18.4 Å². The first-order valence-electron chi connectivity index (χ1n) is 9.30. The SMILES string of the molecule is Cc1cc2ccccc2n1CC(=O)N1CSCC1C(=O)Nc1ccc(C#N)cc1. The van der Waals surface area contributed by atoms with E-state index in [4.69, 9.17) is 5.26 Å². The Morgan fingerprint density at radius 1 is 1.21 bits per heavy atom. The number of anilines is 1. The molecule has 1 aromatic heterocycles. The van der Waals surface area contributed by atoms with Crippen molar-refractivity contribution in [1.29, 1.82) is 5.26 Å². The maximum Gasteiger partial charge on any atom is 0.248 e. The van der Waals surface area contributed by atoms with Gasteiger partial charge in [-0.15, -0.1) is 11.8 Å². The molecule has 7 heteroatoms. The molecule has 29 heavy (non-hydrogen) atoms. The molecule has 2 amide bonds. The van der Waals surface area contributed by atoms with Gasteiger partial charge in [0.15, 0.2) is 0 Å². The predicted octanol–water partition coefficient (Wildman–Crippen LogP) is 3.36. The Bertz CT molecular complexity index is 1110. The number of nitrogens with zero attached hydrogens (tertiary/aromatic N) is 3. The van der Waals surface area contributed by atoms with Gasteiger partial charge in [-0.1, -0.05) is 18.2 Å². The molecule has 1 aliphatic rings. The number of carbonyl (C=O) groups is 2. The van der Waals surface area contributed by atoms with Crippen LogP contribution in [0.5, 0.6) is 0 Å². The van der Waals surface area contributed by atoms with Gasteiger partial charge in [-0.25, -0.2) is 0 Å². The van der Waals surface area contributed by atoms with Gasteiger partial charge < -0.3 is 14.8 Å². The van der Waals surface area contributed by atoms with E-state index in [1.807, 2.05) is 35.8 Å². The Labute approximate surface area is 173 Å². The number of aromatic nitrogens is 1. The summed E-state index contributed by atoms with van der Waals surface area (Å²) >= 11 is 1.58. The normalized spacial score (nSPS) is 16.0. The standard InChI is InChI=1S/C22H20N4O2S/c1-15-10-17-4-2-3-5-19(17)25(15)12-21(27)26-14-29-13-20(26)22(28)24-18-8-6-16(11-23)7-9-18/h2-10,20H,12-14H2,1H3,(H,24,28). The predicted molar refractivity (Wildman–Crippen MR) is 114 cm³/mol. The van der Waals surface area contributed by atoms with E-state index < -0.39 is 6.04 Å². The second-order valence-electron chi connectivity index (χ2n) is 6.99. The number of hydrogen-bond acceptors (Lipinski definition) is 4. The Balaban J connectivity index is 1.48. The fraction of sp³-hybridized carbons (Fsp3) is 0.227. The molecule has 2 aromatic carbocycles. The molecule has 146 valence electrons. The lowest BCUT2D eigenvalue weighted by atomic mass is 10.2.